The molecule has 6 nitrogen and oxygen atoms in total. The van der Waals surface area contributed by atoms with Crippen LogP contribution in [0.4, 0.5) is 46.5 Å². The predicted octanol–water partition coefficient (Wildman–Crippen LogP) is 6.89. The first-order valence-electron chi connectivity index (χ1n) is 10.9. The quantitative estimate of drug-likeness (QED) is 0.263. The molecule has 0 bridgehead atoms. The molecule has 0 aliphatic carbocycles. The molecule has 2 aromatic carbocycles. The van der Waals surface area contributed by atoms with Crippen LogP contribution in [-0.2, 0) is 5.67 Å². The Labute approximate surface area is 237 Å². The minimum absolute atomic E-state index is 0.0833. The number of carbonyl (C=O) groups excluding carboxylic acids is 2. The lowest BCUT2D eigenvalue weighted by atomic mass is 9.94. The van der Waals surface area contributed by atoms with E-state index in [-0.39, 0.29) is 36.5 Å². The summed E-state index contributed by atoms with van der Waals surface area (Å²) >= 11 is 5.47. The van der Waals surface area contributed by atoms with Crippen molar-refractivity contribution >= 4 is 55.0 Å². The summed E-state index contributed by atoms with van der Waals surface area (Å²) in [5.41, 5.74) is -3.26. The number of alkyl halides is 7. The lowest BCUT2D eigenvalue weighted by Crippen LogP contribution is -2.50. The van der Waals surface area contributed by atoms with Crippen LogP contribution in [0.5, 0.6) is 0 Å². The molecule has 0 fully saturated rings. The number of nitrogens with one attached hydrogen (secondary N) is 1. The molecule has 0 saturated heterocycles. The van der Waals surface area contributed by atoms with Crippen LogP contribution in [0, 0.1) is 5.82 Å². The molecule has 16 heteroatoms. The molecule has 40 heavy (non-hydrogen) atoms. The highest BCUT2D eigenvalue weighted by Crippen LogP contribution is 2.54. The lowest BCUT2D eigenvalue weighted by Gasteiger charge is -2.31. The topological polar surface area (TPSA) is 88.3 Å². The highest BCUT2D eigenvalue weighted by atomic mass is 79.9. The van der Waals surface area contributed by atoms with Gasteiger partial charge in [0.05, 0.1) is 22.5 Å². The zero-order chi connectivity index (χ0) is 30.0. The zero-order valence-corrected chi connectivity index (χ0v) is 22.9. The summed E-state index contributed by atoms with van der Waals surface area (Å²) in [5, 5.41) is 2.16. The summed E-state index contributed by atoms with van der Waals surface area (Å²) in [7, 11) is 0. The third kappa shape index (κ3) is 5.98. The fourth-order valence-electron chi connectivity index (χ4n) is 3.57. The van der Waals surface area contributed by atoms with Gasteiger partial charge in [-0.05, 0) is 68.3 Å². The number of carbonyl (C=O) groups is 2. The molecule has 1 aromatic heterocycles. The van der Waals surface area contributed by atoms with Crippen LogP contribution >= 0.6 is 31.9 Å². The molecule has 0 aliphatic heterocycles. The Kier molecular flexibility index (Phi) is 9.26. The number of nitrogens with zero attached hydrogens (tertiary/aromatic N) is 2. The Morgan fingerprint density at radius 3 is 2.05 bits per heavy atom. The lowest BCUT2D eigenvalue weighted by molar-refractivity contribution is -0.348. The van der Waals surface area contributed by atoms with Crippen LogP contribution in [0.2, 0.25) is 0 Å². The molecule has 3 aromatic rings. The SMILES string of the molecule is NCCN(C(=O)c1cccnc1)c1cccc(C(=O)Nc2c(Br)cc(C(F)(C(F)(F)F)C(F)(F)F)cc2Br)c1F. The number of amides is 2. The summed E-state index contributed by atoms with van der Waals surface area (Å²) in [6.45, 7) is -0.238. The van der Waals surface area contributed by atoms with Crippen LogP contribution in [0.1, 0.15) is 26.3 Å². The fraction of sp³-hybridized carbons (Fsp3) is 0.208. The Morgan fingerprint density at radius 2 is 1.55 bits per heavy atom. The molecule has 3 N–H and O–H groups in total. The van der Waals surface area contributed by atoms with Gasteiger partial charge in [0.25, 0.3) is 11.8 Å². The van der Waals surface area contributed by atoms with Gasteiger partial charge in [0, 0.05) is 40.0 Å². The number of rotatable bonds is 7. The summed E-state index contributed by atoms with van der Waals surface area (Å²) in [5.74, 6) is -3.04. The van der Waals surface area contributed by atoms with Gasteiger partial charge in [-0.2, -0.15) is 26.3 Å². The van der Waals surface area contributed by atoms with E-state index in [4.69, 9.17) is 5.73 Å². The average Bonchev–Trinajstić information content (AvgIpc) is 2.87. The smallest absolute Gasteiger partial charge is 0.329 e. The van der Waals surface area contributed by atoms with Crippen molar-refractivity contribution in [3.05, 3.63) is 86.3 Å². The molecule has 0 spiro atoms. The second-order valence-electron chi connectivity index (χ2n) is 8.05. The van der Waals surface area contributed by atoms with Gasteiger partial charge in [0.15, 0.2) is 5.82 Å². The van der Waals surface area contributed by atoms with Gasteiger partial charge < -0.3 is 16.0 Å². The molecule has 0 atom stereocenters. The van der Waals surface area contributed by atoms with Crippen molar-refractivity contribution in [2.45, 2.75) is 18.0 Å². The Bertz CT molecular complexity index is 1380. The summed E-state index contributed by atoms with van der Waals surface area (Å²) in [6, 6.07) is 6.77. The first-order chi connectivity index (χ1) is 18.5. The predicted molar refractivity (Wildman–Crippen MR) is 136 cm³/mol. The number of benzene rings is 2. The van der Waals surface area contributed by atoms with E-state index in [9.17, 15) is 40.3 Å². The molecule has 3 rings (SSSR count). The van der Waals surface area contributed by atoms with E-state index in [1.165, 1.54) is 36.7 Å². The third-order valence-corrected chi connectivity index (χ3v) is 6.73. The number of pyridine rings is 1. The molecule has 0 saturated carbocycles. The van der Waals surface area contributed by atoms with Gasteiger partial charge in [0.1, 0.15) is 0 Å². The van der Waals surface area contributed by atoms with Gasteiger partial charge in [0.2, 0.25) is 0 Å². The largest absolute Gasteiger partial charge is 0.435 e. The highest BCUT2D eigenvalue weighted by Gasteiger charge is 2.73. The van der Waals surface area contributed by atoms with Crippen LogP contribution < -0.4 is 16.0 Å². The minimum Gasteiger partial charge on any atom is -0.329 e. The number of nitrogens with two attached hydrogens (primary N) is 1. The maximum Gasteiger partial charge on any atom is 0.435 e. The summed E-state index contributed by atoms with van der Waals surface area (Å²) < 4.78 is 108. The summed E-state index contributed by atoms with van der Waals surface area (Å²) in [4.78, 5) is 30.7. The van der Waals surface area contributed by atoms with Crippen molar-refractivity contribution in [3.63, 3.8) is 0 Å². The highest BCUT2D eigenvalue weighted by molar-refractivity contribution is 9.11. The van der Waals surface area contributed by atoms with Crippen molar-refractivity contribution in [1.29, 1.82) is 0 Å². The molecule has 0 unspecified atom stereocenters. The maximum atomic E-state index is 15.5. The molecule has 1 heterocycles. The number of hydrogen-bond acceptors (Lipinski definition) is 4. The molecule has 0 radical (unpaired) electrons. The first-order valence-corrected chi connectivity index (χ1v) is 12.5. The van der Waals surface area contributed by atoms with E-state index in [2.05, 4.69) is 42.2 Å². The van der Waals surface area contributed by atoms with E-state index < -0.39 is 61.4 Å². The van der Waals surface area contributed by atoms with Gasteiger partial charge >= 0.3 is 18.0 Å². The van der Waals surface area contributed by atoms with Crippen molar-refractivity contribution in [2.75, 3.05) is 23.3 Å². The normalized spacial score (nSPS) is 12.3. The van der Waals surface area contributed by atoms with E-state index in [1.54, 1.807) is 0 Å². The van der Waals surface area contributed by atoms with Gasteiger partial charge in [-0.25, -0.2) is 8.78 Å². The maximum absolute atomic E-state index is 15.5. The Hall–Kier alpha value is -3.11. The molecule has 214 valence electrons. The van der Waals surface area contributed by atoms with Gasteiger partial charge in [-0.15, -0.1) is 0 Å². The monoisotopic (exact) mass is 702 g/mol. The fourth-order valence-corrected chi connectivity index (χ4v) is 4.95. The van der Waals surface area contributed by atoms with Crippen molar-refractivity contribution in [2.24, 2.45) is 5.73 Å². The molecular formula is C24H16Br2F8N4O2. The van der Waals surface area contributed by atoms with Gasteiger partial charge in [-0.1, -0.05) is 6.07 Å². The van der Waals surface area contributed by atoms with Crippen LogP contribution in [-0.4, -0.2) is 42.2 Å². The minimum atomic E-state index is -6.36. The molecular weight excluding hydrogens is 688 g/mol. The van der Waals surface area contributed by atoms with Crippen molar-refractivity contribution in [1.82, 2.24) is 4.98 Å². The summed E-state index contributed by atoms with van der Waals surface area (Å²) in [6.07, 6.45) is -10.1. The standard InChI is InChI=1S/C24H16Br2F8N4O2/c25-15-9-13(22(28,23(29,30)31)24(32,33)34)10-16(26)19(15)37-20(39)14-4-1-5-17(18(14)27)38(8-6-35)21(40)12-3-2-7-36-11-12/h1-5,7,9-11H,6,8,35H2,(H,37,39). The van der Waals surface area contributed by atoms with E-state index in [0.29, 0.717) is 0 Å². The van der Waals surface area contributed by atoms with Crippen LogP contribution in [0.15, 0.2) is 63.8 Å². The number of hydrogen-bond donors (Lipinski definition) is 2. The van der Waals surface area contributed by atoms with Crippen LogP contribution in [0.25, 0.3) is 0 Å². The second-order valence-corrected chi connectivity index (χ2v) is 9.76. The number of anilines is 2. The van der Waals surface area contributed by atoms with E-state index in [1.807, 2.05) is 0 Å². The number of halogens is 10. The Balaban J connectivity index is 2.00. The van der Waals surface area contributed by atoms with E-state index >= 15 is 4.39 Å². The Morgan fingerprint density at radius 1 is 0.950 bits per heavy atom. The molecule has 0 aliphatic rings. The number of aromatic nitrogens is 1. The second kappa shape index (κ2) is 11.8. The van der Waals surface area contributed by atoms with Crippen molar-refractivity contribution < 1.29 is 44.7 Å². The van der Waals surface area contributed by atoms with Crippen LogP contribution in [0.3, 0.4) is 0 Å². The third-order valence-electron chi connectivity index (χ3n) is 5.48. The van der Waals surface area contributed by atoms with Gasteiger partial charge in [-0.3, -0.25) is 14.6 Å². The van der Waals surface area contributed by atoms with E-state index in [0.717, 1.165) is 11.0 Å². The first kappa shape index (κ1) is 31.4. The zero-order valence-electron chi connectivity index (χ0n) is 19.7. The average molecular weight is 704 g/mol. The molecule has 2 amide bonds. The van der Waals surface area contributed by atoms with Crippen molar-refractivity contribution in [3.8, 4) is 0 Å².